The van der Waals surface area contributed by atoms with Crippen LogP contribution in [0.4, 0.5) is 13.2 Å². The van der Waals surface area contributed by atoms with Gasteiger partial charge >= 0.3 is 6.18 Å². The molecule has 0 aliphatic heterocycles. The summed E-state index contributed by atoms with van der Waals surface area (Å²) >= 11 is 0. The van der Waals surface area contributed by atoms with Crippen LogP contribution in [0.1, 0.15) is 25.3 Å². The van der Waals surface area contributed by atoms with Gasteiger partial charge in [-0.2, -0.15) is 13.2 Å². The van der Waals surface area contributed by atoms with E-state index in [1.54, 1.807) is 12.3 Å². The van der Waals surface area contributed by atoms with Crippen LogP contribution in [0.5, 0.6) is 5.75 Å². The van der Waals surface area contributed by atoms with Gasteiger partial charge in [-0.1, -0.05) is 30.9 Å². The number of alkyl halides is 3. The Morgan fingerprint density at radius 1 is 1.21 bits per heavy atom. The van der Waals surface area contributed by atoms with Crippen molar-refractivity contribution in [2.75, 3.05) is 19.7 Å². The second kappa shape index (κ2) is 11.2. The van der Waals surface area contributed by atoms with Crippen molar-refractivity contribution in [3.63, 3.8) is 0 Å². The van der Waals surface area contributed by atoms with Gasteiger partial charge in [0.2, 0.25) is 0 Å². The van der Waals surface area contributed by atoms with E-state index in [1.165, 1.54) is 17.7 Å². The molecule has 2 aromatic rings. The molecule has 0 saturated heterocycles. The van der Waals surface area contributed by atoms with E-state index >= 15 is 0 Å². The zero-order chi connectivity index (χ0) is 24.7. The van der Waals surface area contributed by atoms with Crippen LogP contribution in [0.3, 0.4) is 0 Å². The van der Waals surface area contributed by atoms with E-state index < -0.39 is 17.8 Å². The number of hydrogen-bond donors (Lipinski definition) is 1. The van der Waals surface area contributed by atoms with Crippen molar-refractivity contribution in [2.24, 2.45) is 0 Å². The molecule has 0 fully saturated rings. The van der Waals surface area contributed by atoms with Gasteiger partial charge in [-0.05, 0) is 67.8 Å². The van der Waals surface area contributed by atoms with Gasteiger partial charge in [-0.15, -0.1) is 0 Å². The molecule has 4 nitrogen and oxygen atoms in total. The molecule has 1 N–H and O–H groups in total. The molecule has 1 unspecified atom stereocenters. The maximum Gasteiger partial charge on any atom is 0.416 e. The highest BCUT2D eigenvalue weighted by Gasteiger charge is 2.30. The van der Waals surface area contributed by atoms with E-state index in [1.807, 2.05) is 17.0 Å². The summed E-state index contributed by atoms with van der Waals surface area (Å²) in [4.78, 5) is 6.28. The predicted molar refractivity (Wildman–Crippen MR) is 128 cm³/mol. The largest absolute Gasteiger partial charge is 0.491 e. The molecule has 0 amide bonds. The highest BCUT2D eigenvalue weighted by Crippen LogP contribution is 2.30. The third-order valence-corrected chi connectivity index (χ3v) is 5.63. The summed E-state index contributed by atoms with van der Waals surface area (Å²) in [6, 6.07) is 8.14. The Kier molecular flexibility index (Phi) is 8.34. The van der Waals surface area contributed by atoms with E-state index in [0.717, 1.165) is 41.5 Å². The highest BCUT2D eigenvalue weighted by atomic mass is 19.4. The molecular weight excluding hydrogens is 441 g/mol. The van der Waals surface area contributed by atoms with Gasteiger partial charge in [0.15, 0.2) is 0 Å². The van der Waals surface area contributed by atoms with Crippen molar-refractivity contribution in [1.29, 1.82) is 0 Å². The van der Waals surface area contributed by atoms with Gasteiger partial charge in [0, 0.05) is 30.2 Å². The maximum atomic E-state index is 12.8. The monoisotopic (exact) mass is 470 g/mol. The maximum absolute atomic E-state index is 12.8. The molecular formula is C27H29F3N2O2. The number of aromatic nitrogens is 1. The van der Waals surface area contributed by atoms with Crippen molar-refractivity contribution >= 4 is 12.3 Å². The fourth-order valence-corrected chi connectivity index (χ4v) is 3.81. The minimum Gasteiger partial charge on any atom is -0.491 e. The minimum absolute atomic E-state index is 0.0789. The van der Waals surface area contributed by atoms with Crippen LogP contribution in [0.2, 0.25) is 0 Å². The molecule has 1 aromatic heterocycles. The number of pyridine rings is 1. The lowest BCUT2D eigenvalue weighted by atomic mass is 9.98. The SMILES string of the molecule is C=C/C(=c1/cccnc1=C)N(CC1=CCCC=C1C)CC(O)COc1ccc(C(F)(F)F)cc1. The van der Waals surface area contributed by atoms with Crippen LogP contribution < -0.4 is 15.3 Å². The molecule has 7 heteroatoms. The van der Waals surface area contributed by atoms with Crippen LogP contribution in [0, 0.1) is 0 Å². The van der Waals surface area contributed by atoms with Crippen LogP contribution in [0.25, 0.3) is 12.3 Å². The molecule has 1 heterocycles. The van der Waals surface area contributed by atoms with E-state index in [-0.39, 0.29) is 18.9 Å². The molecule has 0 saturated carbocycles. The topological polar surface area (TPSA) is 45.6 Å². The number of aliphatic hydroxyl groups is 1. The molecule has 1 aromatic carbocycles. The first-order valence-corrected chi connectivity index (χ1v) is 11.0. The first-order valence-electron chi connectivity index (χ1n) is 11.0. The summed E-state index contributed by atoms with van der Waals surface area (Å²) in [6.45, 7) is 10.7. The number of hydrogen-bond acceptors (Lipinski definition) is 4. The van der Waals surface area contributed by atoms with Gasteiger partial charge in [0.05, 0.1) is 10.9 Å². The second-order valence-electron chi connectivity index (χ2n) is 8.15. The number of allylic oxidation sites excluding steroid dienone is 2. The Hall–Kier alpha value is -3.32. The lowest BCUT2D eigenvalue weighted by Crippen LogP contribution is -2.40. The summed E-state index contributed by atoms with van der Waals surface area (Å²) in [7, 11) is 0. The summed E-state index contributed by atoms with van der Waals surface area (Å²) < 4.78 is 43.8. The third-order valence-electron chi connectivity index (χ3n) is 5.63. The Balaban J connectivity index is 1.79. The number of halogens is 3. The lowest BCUT2D eigenvalue weighted by molar-refractivity contribution is -0.137. The van der Waals surface area contributed by atoms with E-state index in [9.17, 15) is 18.3 Å². The van der Waals surface area contributed by atoms with E-state index in [2.05, 4.69) is 37.2 Å². The van der Waals surface area contributed by atoms with Crippen LogP contribution in [-0.2, 0) is 6.18 Å². The fraction of sp³-hybridized carbons (Fsp3) is 0.296. The third kappa shape index (κ3) is 6.60. The molecule has 3 rings (SSSR count). The number of ether oxygens (including phenoxy) is 1. The standard InChI is InChI=1S/C27H29F3N2O2/c1-4-26(25-10-7-15-31-20(25)3)32(16-21-9-6-5-8-19(21)2)17-23(33)18-34-24-13-11-22(12-14-24)27(28,29)30/h4,7-15,23,33H,1,3,5-6,16-18H2,2H3/b26-25+. The zero-order valence-electron chi connectivity index (χ0n) is 19.2. The number of aliphatic hydroxyl groups excluding tert-OH is 1. The molecule has 0 spiro atoms. The average Bonchev–Trinajstić information content (AvgIpc) is 2.80. The van der Waals surface area contributed by atoms with Gasteiger partial charge < -0.3 is 14.7 Å². The zero-order valence-corrected chi connectivity index (χ0v) is 19.2. The Bertz CT molecular complexity index is 1170. The van der Waals surface area contributed by atoms with Crippen LogP contribution >= 0.6 is 0 Å². The molecule has 1 aliphatic carbocycles. The molecule has 34 heavy (non-hydrogen) atoms. The predicted octanol–water partition coefficient (Wildman–Crippen LogP) is 4.21. The van der Waals surface area contributed by atoms with E-state index in [4.69, 9.17) is 4.74 Å². The minimum atomic E-state index is -4.41. The summed E-state index contributed by atoms with van der Waals surface area (Å²) in [5.41, 5.74) is 2.39. The molecule has 180 valence electrons. The van der Waals surface area contributed by atoms with Gasteiger partial charge in [-0.3, -0.25) is 4.98 Å². The van der Waals surface area contributed by atoms with Crippen molar-refractivity contribution < 1.29 is 23.0 Å². The number of benzene rings is 1. The Morgan fingerprint density at radius 3 is 2.53 bits per heavy atom. The lowest BCUT2D eigenvalue weighted by Gasteiger charge is -2.30. The fourth-order valence-electron chi connectivity index (χ4n) is 3.81. The van der Waals surface area contributed by atoms with Crippen LogP contribution in [0.15, 0.2) is 78.5 Å². The van der Waals surface area contributed by atoms with Gasteiger partial charge in [0.1, 0.15) is 18.5 Å². The normalized spacial score (nSPS) is 15.7. The smallest absolute Gasteiger partial charge is 0.416 e. The molecule has 1 atom stereocenters. The van der Waals surface area contributed by atoms with Gasteiger partial charge in [0.25, 0.3) is 0 Å². The number of rotatable bonds is 9. The Morgan fingerprint density at radius 2 is 1.91 bits per heavy atom. The summed E-state index contributed by atoms with van der Waals surface area (Å²) in [6.07, 6.45) is 4.42. The quantitative estimate of drug-likeness (QED) is 0.596. The molecule has 0 radical (unpaired) electrons. The highest BCUT2D eigenvalue weighted by molar-refractivity contribution is 5.55. The van der Waals surface area contributed by atoms with Crippen molar-refractivity contribution in [1.82, 2.24) is 9.88 Å². The number of nitrogens with zero attached hydrogens (tertiary/aromatic N) is 2. The van der Waals surface area contributed by atoms with Crippen molar-refractivity contribution in [2.45, 2.75) is 32.0 Å². The second-order valence-corrected chi connectivity index (χ2v) is 8.15. The first kappa shape index (κ1) is 25.3. The van der Waals surface area contributed by atoms with Gasteiger partial charge in [-0.25, -0.2) is 0 Å². The van der Waals surface area contributed by atoms with Crippen molar-refractivity contribution in [3.05, 3.63) is 94.7 Å². The van der Waals surface area contributed by atoms with E-state index in [0.29, 0.717) is 11.9 Å². The van der Waals surface area contributed by atoms with Crippen LogP contribution in [-0.4, -0.2) is 40.8 Å². The van der Waals surface area contributed by atoms with Crippen molar-refractivity contribution in [3.8, 4) is 5.75 Å². The molecule has 1 aliphatic rings. The average molecular weight is 471 g/mol. The summed E-state index contributed by atoms with van der Waals surface area (Å²) in [5.74, 6) is 0.257. The first-order chi connectivity index (χ1) is 16.2. The summed E-state index contributed by atoms with van der Waals surface area (Å²) in [5, 5.41) is 12.2. The Labute approximate surface area is 197 Å². The molecule has 0 bridgehead atoms.